The van der Waals surface area contributed by atoms with E-state index in [9.17, 15) is 9.59 Å². The van der Waals surface area contributed by atoms with Gasteiger partial charge in [0.15, 0.2) is 0 Å². The minimum absolute atomic E-state index is 0.0561. The zero-order valence-electron chi connectivity index (χ0n) is 19.5. The summed E-state index contributed by atoms with van der Waals surface area (Å²) in [6, 6.07) is 24.2. The molecule has 3 aromatic rings. The van der Waals surface area contributed by atoms with Crippen LogP contribution in [0.15, 0.2) is 78.9 Å². The van der Waals surface area contributed by atoms with Gasteiger partial charge >= 0.3 is 0 Å². The monoisotopic (exact) mass is 458 g/mol. The fourth-order valence-electron chi connectivity index (χ4n) is 4.07. The minimum Gasteiger partial charge on any atom is -0.495 e. The number of methoxy groups -OCH3 is 1. The van der Waals surface area contributed by atoms with Gasteiger partial charge in [0.1, 0.15) is 5.75 Å². The molecule has 0 spiro atoms. The van der Waals surface area contributed by atoms with Crippen molar-refractivity contribution in [2.24, 2.45) is 0 Å². The molecule has 0 aromatic heterocycles. The van der Waals surface area contributed by atoms with Gasteiger partial charge in [0.25, 0.3) is 5.91 Å². The lowest BCUT2D eigenvalue weighted by Gasteiger charge is -2.38. The first-order chi connectivity index (χ1) is 16.5. The van der Waals surface area contributed by atoms with Crippen molar-refractivity contribution < 1.29 is 14.3 Å². The van der Waals surface area contributed by atoms with Crippen molar-refractivity contribution in [3.8, 4) is 5.75 Å². The Morgan fingerprint density at radius 2 is 1.47 bits per heavy atom. The van der Waals surface area contributed by atoms with Gasteiger partial charge in [-0.25, -0.2) is 0 Å². The van der Waals surface area contributed by atoms with Crippen molar-refractivity contribution in [2.75, 3.05) is 48.8 Å². The van der Waals surface area contributed by atoms with Crippen molar-refractivity contribution in [3.63, 3.8) is 0 Å². The molecular weight excluding hydrogens is 428 g/mol. The number of piperazine rings is 1. The molecule has 1 heterocycles. The van der Waals surface area contributed by atoms with Crippen LogP contribution in [-0.4, -0.2) is 56.0 Å². The Labute approximate surface area is 200 Å². The molecule has 1 aliphatic heterocycles. The number of para-hydroxylation sites is 3. The van der Waals surface area contributed by atoms with Gasteiger partial charge in [0, 0.05) is 43.1 Å². The summed E-state index contributed by atoms with van der Waals surface area (Å²) in [5, 5.41) is 5.82. The molecule has 2 amide bonds. The van der Waals surface area contributed by atoms with Crippen LogP contribution in [0, 0.1) is 0 Å². The molecule has 0 unspecified atom stereocenters. The maximum absolute atomic E-state index is 12.8. The lowest BCUT2D eigenvalue weighted by molar-refractivity contribution is -0.120. The van der Waals surface area contributed by atoms with E-state index in [2.05, 4.69) is 32.6 Å². The maximum atomic E-state index is 12.8. The summed E-state index contributed by atoms with van der Waals surface area (Å²) in [7, 11) is 1.56. The van der Waals surface area contributed by atoms with Crippen LogP contribution in [0.5, 0.6) is 5.75 Å². The number of nitrogens with one attached hydrogen (secondary N) is 2. The summed E-state index contributed by atoms with van der Waals surface area (Å²) in [5.41, 5.74) is 2.98. The van der Waals surface area contributed by atoms with Crippen molar-refractivity contribution >= 4 is 28.9 Å². The second-order valence-electron chi connectivity index (χ2n) is 8.26. The van der Waals surface area contributed by atoms with E-state index >= 15 is 0 Å². The molecule has 34 heavy (non-hydrogen) atoms. The van der Waals surface area contributed by atoms with E-state index in [0.717, 1.165) is 26.2 Å². The molecule has 1 fully saturated rings. The predicted molar refractivity (Wildman–Crippen MR) is 136 cm³/mol. The maximum Gasteiger partial charge on any atom is 0.255 e. The van der Waals surface area contributed by atoms with Crippen LogP contribution in [0.2, 0.25) is 0 Å². The summed E-state index contributed by atoms with van der Waals surface area (Å²) >= 11 is 0. The number of carbonyl (C=O) groups is 2. The van der Waals surface area contributed by atoms with Crippen LogP contribution in [0.1, 0.15) is 17.3 Å². The largest absolute Gasteiger partial charge is 0.495 e. The molecule has 0 saturated carbocycles. The highest BCUT2D eigenvalue weighted by Crippen LogP contribution is 2.24. The first kappa shape index (κ1) is 23.3. The summed E-state index contributed by atoms with van der Waals surface area (Å²) in [6.07, 6.45) is 0. The zero-order chi connectivity index (χ0) is 23.9. The van der Waals surface area contributed by atoms with Crippen molar-refractivity contribution in [3.05, 3.63) is 84.4 Å². The third-order valence-corrected chi connectivity index (χ3v) is 6.13. The molecule has 0 bridgehead atoms. The predicted octanol–water partition coefficient (Wildman–Crippen LogP) is 4.10. The van der Waals surface area contributed by atoms with E-state index in [-0.39, 0.29) is 17.9 Å². The summed E-state index contributed by atoms with van der Waals surface area (Å²) in [4.78, 5) is 30.0. The fourth-order valence-corrected chi connectivity index (χ4v) is 4.07. The van der Waals surface area contributed by atoms with Gasteiger partial charge in [-0.1, -0.05) is 30.3 Å². The van der Waals surface area contributed by atoms with E-state index in [0.29, 0.717) is 22.7 Å². The summed E-state index contributed by atoms with van der Waals surface area (Å²) < 4.78 is 5.28. The van der Waals surface area contributed by atoms with Gasteiger partial charge in [-0.05, 0) is 55.5 Å². The van der Waals surface area contributed by atoms with Gasteiger partial charge in [-0.15, -0.1) is 0 Å². The van der Waals surface area contributed by atoms with Crippen LogP contribution >= 0.6 is 0 Å². The molecule has 7 nitrogen and oxygen atoms in total. The number of hydrogen-bond donors (Lipinski definition) is 2. The van der Waals surface area contributed by atoms with E-state index in [1.54, 1.807) is 43.5 Å². The fraction of sp³-hybridized carbons (Fsp3) is 0.259. The normalized spacial score (nSPS) is 14.8. The van der Waals surface area contributed by atoms with Crippen molar-refractivity contribution in [1.29, 1.82) is 0 Å². The molecule has 1 aliphatic rings. The Balaban J connectivity index is 1.30. The Bertz CT molecular complexity index is 1110. The third-order valence-electron chi connectivity index (χ3n) is 6.13. The number of benzene rings is 3. The first-order valence-corrected chi connectivity index (χ1v) is 11.4. The molecule has 0 aliphatic carbocycles. The second kappa shape index (κ2) is 10.9. The van der Waals surface area contributed by atoms with Crippen LogP contribution < -0.4 is 20.3 Å². The van der Waals surface area contributed by atoms with Crippen LogP contribution in [0.4, 0.5) is 17.1 Å². The molecule has 7 heteroatoms. The molecule has 3 aromatic carbocycles. The van der Waals surface area contributed by atoms with E-state index in [1.165, 1.54) is 5.69 Å². The minimum atomic E-state index is -0.244. The van der Waals surface area contributed by atoms with Crippen LogP contribution in [0.3, 0.4) is 0 Å². The van der Waals surface area contributed by atoms with Crippen LogP contribution in [0.25, 0.3) is 0 Å². The summed E-state index contributed by atoms with van der Waals surface area (Å²) in [5.74, 6) is 0.296. The number of nitrogens with zero attached hydrogens (tertiary/aromatic N) is 2. The highest BCUT2D eigenvalue weighted by Gasteiger charge is 2.25. The SMILES string of the molecule is COc1ccccc1NC(=O)c1ccc(NC(=O)[C@H](C)N2CCN(c3ccccc3)CC2)cc1. The van der Waals surface area contributed by atoms with E-state index in [4.69, 9.17) is 4.74 Å². The highest BCUT2D eigenvalue weighted by molar-refractivity contribution is 6.05. The molecule has 1 saturated heterocycles. The molecule has 2 N–H and O–H groups in total. The quantitative estimate of drug-likeness (QED) is 0.558. The average Bonchev–Trinajstić information content (AvgIpc) is 2.89. The molecule has 1 atom stereocenters. The Morgan fingerprint density at radius 3 is 2.15 bits per heavy atom. The lowest BCUT2D eigenvalue weighted by Crippen LogP contribution is -2.52. The van der Waals surface area contributed by atoms with Crippen molar-refractivity contribution in [1.82, 2.24) is 4.90 Å². The topological polar surface area (TPSA) is 73.9 Å². The second-order valence-corrected chi connectivity index (χ2v) is 8.26. The van der Waals surface area contributed by atoms with Gasteiger partial charge in [-0.2, -0.15) is 0 Å². The Kier molecular flexibility index (Phi) is 7.44. The average molecular weight is 459 g/mol. The van der Waals surface area contributed by atoms with Gasteiger partial charge in [0.2, 0.25) is 5.91 Å². The molecular formula is C27H30N4O3. The van der Waals surface area contributed by atoms with Gasteiger partial charge < -0.3 is 20.3 Å². The number of anilines is 3. The summed E-state index contributed by atoms with van der Waals surface area (Å²) in [6.45, 7) is 5.36. The molecule has 4 rings (SSSR count). The zero-order valence-corrected chi connectivity index (χ0v) is 19.5. The number of amides is 2. The molecule has 0 radical (unpaired) electrons. The van der Waals surface area contributed by atoms with Gasteiger partial charge in [0.05, 0.1) is 18.8 Å². The van der Waals surface area contributed by atoms with Crippen molar-refractivity contribution in [2.45, 2.75) is 13.0 Å². The standard InChI is InChI=1S/C27H30N4O3/c1-20(30-16-18-31(19-17-30)23-8-4-3-5-9-23)26(32)28-22-14-12-21(13-15-22)27(33)29-24-10-6-7-11-25(24)34-2/h3-15,20H,16-19H2,1-2H3,(H,28,32)(H,29,33)/t20-/m0/s1. The number of ether oxygens (including phenoxy) is 1. The van der Waals surface area contributed by atoms with Crippen LogP contribution in [-0.2, 0) is 4.79 Å². The van der Waals surface area contributed by atoms with E-state index < -0.39 is 0 Å². The van der Waals surface area contributed by atoms with E-state index in [1.807, 2.05) is 37.3 Å². The number of carbonyl (C=O) groups excluding carboxylic acids is 2. The Morgan fingerprint density at radius 1 is 0.824 bits per heavy atom. The number of rotatable bonds is 7. The molecule has 176 valence electrons. The van der Waals surface area contributed by atoms with Gasteiger partial charge in [-0.3, -0.25) is 14.5 Å². The smallest absolute Gasteiger partial charge is 0.255 e. The number of hydrogen-bond acceptors (Lipinski definition) is 5. The first-order valence-electron chi connectivity index (χ1n) is 11.4. The Hall–Kier alpha value is -3.84. The lowest BCUT2D eigenvalue weighted by atomic mass is 10.1. The highest BCUT2D eigenvalue weighted by atomic mass is 16.5. The third kappa shape index (κ3) is 5.55.